The minimum absolute atomic E-state index is 0.121. The van der Waals surface area contributed by atoms with E-state index in [9.17, 15) is 0 Å². The first-order chi connectivity index (χ1) is 7.20. The fourth-order valence-electron chi connectivity index (χ4n) is 1.99. The molecule has 0 aromatic heterocycles. The summed E-state index contributed by atoms with van der Waals surface area (Å²) in [5.74, 6) is 0. The van der Waals surface area contributed by atoms with Gasteiger partial charge in [0.1, 0.15) is 0 Å². The summed E-state index contributed by atoms with van der Waals surface area (Å²) in [4.78, 5) is 0. The SMILES string of the molecule is COC(COCC1(N)CCCCC1)OC. The van der Waals surface area contributed by atoms with E-state index < -0.39 is 0 Å². The molecule has 4 nitrogen and oxygen atoms in total. The smallest absolute Gasteiger partial charge is 0.180 e. The van der Waals surface area contributed by atoms with E-state index in [1.165, 1.54) is 19.3 Å². The molecule has 0 saturated heterocycles. The zero-order valence-corrected chi connectivity index (χ0v) is 9.83. The molecule has 0 spiro atoms. The molecule has 1 rings (SSSR count). The number of nitrogens with two attached hydrogens (primary N) is 1. The van der Waals surface area contributed by atoms with Crippen molar-refractivity contribution in [3.8, 4) is 0 Å². The molecule has 1 saturated carbocycles. The van der Waals surface area contributed by atoms with Crippen LogP contribution in [0, 0.1) is 0 Å². The van der Waals surface area contributed by atoms with Crippen molar-refractivity contribution in [3.05, 3.63) is 0 Å². The lowest BCUT2D eigenvalue weighted by Gasteiger charge is -2.33. The van der Waals surface area contributed by atoms with Gasteiger partial charge >= 0.3 is 0 Å². The van der Waals surface area contributed by atoms with Crippen LogP contribution in [0.3, 0.4) is 0 Å². The van der Waals surface area contributed by atoms with E-state index in [4.69, 9.17) is 19.9 Å². The Hall–Kier alpha value is -0.160. The summed E-state index contributed by atoms with van der Waals surface area (Å²) in [5, 5.41) is 0. The van der Waals surface area contributed by atoms with Crippen molar-refractivity contribution >= 4 is 0 Å². The molecule has 0 atom stereocenters. The van der Waals surface area contributed by atoms with Crippen LogP contribution in [0.5, 0.6) is 0 Å². The summed E-state index contributed by atoms with van der Waals surface area (Å²) in [6, 6.07) is 0. The van der Waals surface area contributed by atoms with E-state index in [0.29, 0.717) is 13.2 Å². The topological polar surface area (TPSA) is 53.7 Å². The second kappa shape index (κ2) is 6.43. The van der Waals surface area contributed by atoms with Crippen molar-refractivity contribution in [1.82, 2.24) is 0 Å². The average Bonchev–Trinajstić information content (AvgIpc) is 2.25. The summed E-state index contributed by atoms with van der Waals surface area (Å²) < 4.78 is 15.6. The largest absolute Gasteiger partial charge is 0.374 e. The predicted octanol–water partition coefficient (Wildman–Crippen LogP) is 1.28. The van der Waals surface area contributed by atoms with Gasteiger partial charge in [-0.25, -0.2) is 0 Å². The molecule has 90 valence electrons. The summed E-state index contributed by atoms with van der Waals surface area (Å²) in [6.07, 6.45) is 5.60. The molecule has 0 bridgehead atoms. The van der Waals surface area contributed by atoms with Gasteiger partial charge in [-0.1, -0.05) is 19.3 Å². The third-order valence-electron chi connectivity index (χ3n) is 3.02. The molecule has 0 aliphatic heterocycles. The maximum absolute atomic E-state index is 6.22. The number of hydrogen-bond acceptors (Lipinski definition) is 4. The van der Waals surface area contributed by atoms with Crippen molar-refractivity contribution in [2.24, 2.45) is 5.73 Å². The molecule has 0 aromatic carbocycles. The van der Waals surface area contributed by atoms with Crippen molar-refractivity contribution in [2.75, 3.05) is 27.4 Å². The van der Waals surface area contributed by atoms with Gasteiger partial charge in [0.05, 0.1) is 13.2 Å². The average molecular weight is 217 g/mol. The Morgan fingerprint density at radius 3 is 2.27 bits per heavy atom. The highest BCUT2D eigenvalue weighted by Gasteiger charge is 2.27. The number of hydrogen-bond donors (Lipinski definition) is 1. The highest BCUT2D eigenvalue weighted by Crippen LogP contribution is 2.25. The lowest BCUT2D eigenvalue weighted by atomic mass is 9.83. The summed E-state index contributed by atoms with van der Waals surface area (Å²) in [6.45, 7) is 1.06. The van der Waals surface area contributed by atoms with Crippen molar-refractivity contribution in [3.63, 3.8) is 0 Å². The fourth-order valence-corrected chi connectivity index (χ4v) is 1.99. The van der Waals surface area contributed by atoms with Crippen LogP contribution in [0.1, 0.15) is 32.1 Å². The first-order valence-electron chi connectivity index (χ1n) is 5.62. The first kappa shape index (κ1) is 12.9. The second-order valence-electron chi connectivity index (χ2n) is 4.34. The van der Waals surface area contributed by atoms with Crippen LogP contribution in [0.2, 0.25) is 0 Å². The Morgan fingerprint density at radius 1 is 1.13 bits per heavy atom. The van der Waals surface area contributed by atoms with Crippen LogP contribution in [0.15, 0.2) is 0 Å². The van der Waals surface area contributed by atoms with Crippen LogP contribution in [0.25, 0.3) is 0 Å². The lowest BCUT2D eigenvalue weighted by Crippen LogP contribution is -2.46. The second-order valence-corrected chi connectivity index (χ2v) is 4.34. The fraction of sp³-hybridized carbons (Fsp3) is 1.00. The molecule has 1 fully saturated rings. The molecular formula is C11H23NO3. The van der Waals surface area contributed by atoms with Crippen molar-refractivity contribution in [2.45, 2.75) is 43.9 Å². The van der Waals surface area contributed by atoms with Crippen LogP contribution in [0.4, 0.5) is 0 Å². The molecule has 1 aliphatic carbocycles. The molecule has 0 amide bonds. The van der Waals surface area contributed by atoms with Gasteiger partial charge in [-0.05, 0) is 12.8 Å². The zero-order valence-electron chi connectivity index (χ0n) is 9.83. The van der Waals surface area contributed by atoms with Crippen LogP contribution >= 0.6 is 0 Å². The maximum Gasteiger partial charge on any atom is 0.180 e. The molecule has 1 aliphatic rings. The Morgan fingerprint density at radius 2 is 1.73 bits per heavy atom. The third kappa shape index (κ3) is 4.47. The number of ether oxygens (including phenoxy) is 3. The highest BCUT2D eigenvalue weighted by molar-refractivity contribution is 4.86. The Balaban J connectivity index is 2.17. The van der Waals surface area contributed by atoms with Gasteiger partial charge in [-0.2, -0.15) is 0 Å². The number of methoxy groups -OCH3 is 2. The van der Waals surface area contributed by atoms with Gasteiger partial charge in [0, 0.05) is 19.8 Å². The van der Waals surface area contributed by atoms with Gasteiger partial charge in [0.15, 0.2) is 6.29 Å². The number of rotatable bonds is 6. The molecule has 0 heterocycles. The van der Waals surface area contributed by atoms with E-state index in [1.807, 2.05) is 0 Å². The molecule has 4 heteroatoms. The van der Waals surface area contributed by atoms with Crippen LogP contribution in [-0.2, 0) is 14.2 Å². The predicted molar refractivity (Wildman–Crippen MR) is 58.6 cm³/mol. The third-order valence-corrected chi connectivity index (χ3v) is 3.02. The van der Waals surface area contributed by atoms with E-state index in [1.54, 1.807) is 14.2 Å². The maximum atomic E-state index is 6.22. The van der Waals surface area contributed by atoms with Crippen LogP contribution < -0.4 is 5.73 Å². The van der Waals surface area contributed by atoms with Gasteiger partial charge in [-0.3, -0.25) is 0 Å². The Bertz CT molecular complexity index is 165. The van der Waals surface area contributed by atoms with E-state index >= 15 is 0 Å². The van der Waals surface area contributed by atoms with Crippen LogP contribution in [-0.4, -0.2) is 39.3 Å². The van der Waals surface area contributed by atoms with Crippen molar-refractivity contribution < 1.29 is 14.2 Å². The Labute approximate surface area is 92.1 Å². The first-order valence-corrected chi connectivity index (χ1v) is 5.62. The summed E-state index contributed by atoms with van der Waals surface area (Å²) in [5.41, 5.74) is 6.10. The monoisotopic (exact) mass is 217 g/mol. The summed E-state index contributed by atoms with van der Waals surface area (Å²) in [7, 11) is 3.21. The molecule has 2 N–H and O–H groups in total. The van der Waals surface area contributed by atoms with Gasteiger partial charge in [-0.15, -0.1) is 0 Å². The van der Waals surface area contributed by atoms with Gasteiger partial charge in [0.2, 0.25) is 0 Å². The van der Waals surface area contributed by atoms with E-state index in [-0.39, 0.29) is 11.8 Å². The van der Waals surface area contributed by atoms with Gasteiger partial charge < -0.3 is 19.9 Å². The highest BCUT2D eigenvalue weighted by atomic mass is 16.7. The minimum atomic E-state index is -0.280. The van der Waals surface area contributed by atoms with Crippen molar-refractivity contribution in [1.29, 1.82) is 0 Å². The minimum Gasteiger partial charge on any atom is -0.374 e. The zero-order chi connectivity index (χ0) is 11.1. The standard InChI is InChI=1S/C11H23NO3/c1-13-10(14-2)8-15-9-11(12)6-4-3-5-7-11/h10H,3-9,12H2,1-2H3. The Kier molecular flexibility index (Phi) is 5.53. The normalized spacial score (nSPS) is 20.8. The molecular weight excluding hydrogens is 194 g/mol. The molecule has 0 aromatic rings. The molecule has 0 unspecified atom stereocenters. The van der Waals surface area contributed by atoms with E-state index in [2.05, 4.69) is 0 Å². The molecule has 0 radical (unpaired) electrons. The lowest BCUT2D eigenvalue weighted by molar-refractivity contribution is -0.144. The molecule has 15 heavy (non-hydrogen) atoms. The van der Waals surface area contributed by atoms with Gasteiger partial charge in [0.25, 0.3) is 0 Å². The quantitative estimate of drug-likeness (QED) is 0.681. The van der Waals surface area contributed by atoms with E-state index in [0.717, 1.165) is 12.8 Å². The summed E-state index contributed by atoms with van der Waals surface area (Å²) >= 11 is 0.